The van der Waals surface area contributed by atoms with Crippen molar-refractivity contribution in [2.75, 3.05) is 5.73 Å². The van der Waals surface area contributed by atoms with Gasteiger partial charge in [0.2, 0.25) is 0 Å². The maximum Gasteiger partial charge on any atom is 0.124 e. The van der Waals surface area contributed by atoms with Crippen LogP contribution in [0.25, 0.3) is 0 Å². The van der Waals surface area contributed by atoms with Gasteiger partial charge in [-0.05, 0) is 42.2 Å². The zero-order valence-electron chi connectivity index (χ0n) is 9.29. The number of halogens is 2. The third-order valence-corrected chi connectivity index (χ3v) is 3.47. The lowest BCUT2D eigenvalue weighted by Crippen LogP contribution is -1.97. The normalized spacial score (nSPS) is 10.5. The standard InChI is InChI=1S/C14H13BrFN/c15-13-9-12(16)8-7-10(13)5-6-11-3-1-2-4-14(11)17/h1-4,7-9H,5-6,17H2. The molecule has 0 aliphatic heterocycles. The van der Waals surface area contributed by atoms with Gasteiger partial charge in [-0.3, -0.25) is 0 Å². The highest BCUT2D eigenvalue weighted by Crippen LogP contribution is 2.21. The average molecular weight is 294 g/mol. The second-order valence-electron chi connectivity index (χ2n) is 3.93. The zero-order chi connectivity index (χ0) is 12.3. The van der Waals surface area contributed by atoms with E-state index in [0.717, 1.165) is 34.1 Å². The fourth-order valence-corrected chi connectivity index (χ4v) is 2.30. The summed E-state index contributed by atoms with van der Waals surface area (Å²) >= 11 is 3.37. The lowest BCUT2D eigenvalue weighted by Gasteiger charge is -2.07. The molecule has 0 aliphatic rings. The minimum absolute atomic E-state index is 0.222. The van der Waals surface area contributed by atoms with E-state index < -0.39 is 0 Å². The Kier molecular flexibility index (Phi) is 3.79. The number of para-hydroxylation sites is 1. The molecule has 1 nitrogen and oxygen atoms in total. The Morgan fingerprint density at radius 1 is 1.00 bits per heavy atom. The third-order valence-electron chi connectivity index (χ3n) is 2.73. The molecule has 0 fully saturated rings. The summed E-state index contributed by atoms with van der Waals surface area (Å²) in [5.74, 6) is -0.222. The topological polar surface area (TPSA) is 26.0 Å². The molecule has 0 aliphatic carbocycles. The van der Waals surface area contributed by atoms with Gasteiger partial charge in [0.25, 0.3) is 0 Å². The number of nitrogens with two attached hydrogens (primary N) is 1. The van der Waals surface area contributed by atoms with Gasteiger partial charge in [-0.15, -0.1) is 0 Å². The number of benzene rings is 2. The lowest BCUT2D eigenvalue weighted by atomic mass is 10.0. The molecule has 0 aromatic heterocycles. The summed E-state index contributed by atoms with van der Waals surface area (Å²) in [7, 11) is 0. The van der Waals surface area contributed by atoms with Gasteiger partial charge in [0.1, 0.15) is 5.82 Å². The van der Waals surface area contributed by atoms with Crippen LogP contribution in [0.4, 0.5) is 10.1 Å². The van der Waals surface area contributed by atoms with Crippen LogP contribution in [-0.2, 0) is 12.8 Å². The highest BCUT2D eigenvalue weighted by Gasteiger charge is 2.03. The molecule has 0 saturated carbocycles. The Labute approximate surface area is 109 Å². The van der Waals surface area contributed by atoms with Crippen molar-refractivity contribution in [1.29, 1.82) is 0 Å². The quantitative estimate of drug-likeness (QED) is 0.852. The number of anilines is 1. The van der Waals surface area contributed by atoms with Crippen LogP contribution in [0.5, 0.6) is 0 Å². The molecule has 88 valence electrons. The molecule has 2 N–H and O–H groups in total. The lowest BCUT2D eigenvalue weighted by molar-refractivity contribution is 0.626. The summed E-state index contributed by atoms with van der Waals surface area (Å²) in [6.07, 6.45) is 1.70. The van der Waals surface area contributed by atoms with Crippen LogP contribution in [0.3, 0.4) is 0 Å². The second-order valence-corrected chi connectivity index (χ2v) is 4.79. The predicted molar refractivity (Wildman–Crippen MR) is 72.4 cm³/mol. The molecule has 0 amide bonds. The Morgan fingerprint density at radius 2 is 1.71 bits per heavy atom. The summed E-state index contributed by atoms with van der Waals surface area (Å²) in [5.41, 5.74) is 8.91. The monoisotopic (exact) mass is 293 g/mol. The van der Waals surface area contributed by atoms with Crippen molar-refractivity contribution in [3.05, 3.63) is 63.9 Å². The first kappa shape index (κ1) is 12.1. The molecule has 0 radical (unpaired) electrons. The van der Waals surface area contributed by atoms with E-state index in [9.17, 15) is 4.39 Å². The van der Waals surface area contributed by atoms with Crippen LogP contribution in [0.1, 0.15) is 11.1 Å². The highest BCUT2D eigenvalue weighted by molar-refractivity contribution is 9.10. The molecule has 2 aromatic rings. The van der Waals surface area contributed by atoms with Crippen molar-refractivity contribution in [3.63, 3.8) is 0 Å². The highest BCUT2D eigenvalue weighted by atomic mass is 79.9. The largest absolute Gasteiger partial charge is 0.399 e. The van der Waals surface area contributed by atoms with Crippen molar-refractivity contribution in [1.82, 2.24) is 0 Å². The second kappa shape index (κ2) is 5.32. The van der Waals surface area contributed by atoms with E-state index >= 15 is 0 Å². The van der Waals surface area contributed by atoms with E-state index in [1.54, 1.807) is 6.07 Å². The molecule has 0 atom stereocenters. The van der Waals surface area contributed by atoms with Crippen LogP contribution in [-0.4, -0.2) is 0 Å². The molecule has 0 spiro atoms. The average Bonchev–Trinajstić information content (AvgIpc) is 2.30. The molecule has 2 aromatic carbocycles. The van der Waals surface area contributed by atoms with E-state index in [1.165, 1.54) is 12.1 Å². The molecular formula is C14H13BrFN. The minimum Gasteiger partial charge on any atom is -0.399 e. The Bertz CT molecular complexity index is 525. The summed E-state index contributed by atoms with van der Waals surface area (Å²) in [5, 5.41) is 0. The van der Waals surface area contributed by atoms with E-state index in [4.69, 9.17) is 5.73 Å². The first-order valence-electron chi connectivity index (χ1n) is 5.44. The third kappa shape index (κ3) is 3.07. The number of hydrogen-bond donors (Lipinski definition) is 1. The van der Waals surface area contributed by atoms with Crippen LogP contribution < -0.4 is 5.73 Å². The summed E-state index contributed by atoms with van der Waals surface area (Å²) < 4.78 is 13.7. The van der Waals surface area contributed by atoms with E-state index in [1.807, 2.05) is 24.3 Å². The smallest absolute Gasteiger partial charge is 0.124 e. The number of nitrogen functional groups attached to an aromatic ring is 1. The van der Waals surface area contributed by atoms with Crippen LogP contribution in [0, 0.1) is 5.82 Å². The van der Waals surface area contributed by atoms with Crippen LogP contribution in [0.15, 0.2) is 46.9 Å². The van der Waals surface area contributed by atoms with Gasteiger partial charge in [-0.2, -0.15) is 0 Å². The fourth-order valence-electron chi connectivity index (χ4n) is 1.76. The zero-order valence-corrected chi connectivity index (χ0v) is 10.9. The van der Waals surface area contributed by atoms with Crippen molar-refractivity contribution in [2.24, 2.45) is 0 Å². The maximum atomic E-state index is 12.9. The van der Waals surface area contributed by atoms with Crippen LogP contribution >= 0.6 is 15.9 Å². The van der Waals surface area contributed by atoms with Crippen LogP contribution in [0.2, 0.25) is 0 Å². The molecule has 2 rings (SSSR count). The number of aryl methyl sites for hydroxylation is 2. The van der Waals surface area contributed by atoms with Crippen molar-refractivity contribution in [2.45, 2.75) is 12.8 Å². The molecule has 0 saturated heterocycles. The molecular weight excluding hydrogens is 281 g/mol. The molecule has 0 bridgehead atoms. The molecule has 0 unspecified atom stereocenters. The van der Waals surface area contributed by atoms with Gasteiger partial charge >= 0.3 is 0 Å². The van der Waals surface area contributed by atoms with E-state index in [0.29, 0.717) is 0 Å². The summed E-state index contributed by atoms with van der Waals surface area (Å²) in [4.78, 5) is 0. The Morgan fingerprint density at radius 3 is 2.41 bits per heavy atom. The van der Waals surface area contributed by atoms with Gasteiger partial charge in [0.05, 0.1) is 0 Å². The first-order valence-corrected chi connectivity index (χ1v) is 6.23. The van der Waals surface area contributed by atoms with Crippen molar-refractivity contribution < 1.29 is 4.39 Å². The Hall–Kier alpha value is -1.35. The maximum absolute atomic E-state index is 12.9. The van der Waals surface area contributed by atoms with Gasteiger partial charge in [-0.25, -0.2) is 4.39 Å². The van der Waals surface area contributed by atoms with Gasteiger partial charge in [0.15, 0.2) is 0 Å². The predicted octanol–water partition coefficient (Wildman–Crippen LogP) is 3.96. The van der Waals surface area contributed by atoms with E-state index in [-0.39, 0.29) is 5.82 Å². The Balaban J connectivity index is 2.10. The summed E-state index contributed by atoms with van der Waals surface area (Å²) in [6.45, 7) is 0. The minimum atomic E-state index is -0.222. The van der Waals surface area contributed by atoms with Crippen molar-refractivity contribution >= 4 is 21.6 Å². The summed E-state index contributed by atoms with van der Waals surface area (Å²) in [6, 6.07) is 12.6. The van der Waals surface area contributed by atoms with Gasteiger partial charge in [0, 0.05) is 10.2 Å². The SMILES string of the molecule is Nc1ccccc1CCc1ccc(F)cc1Br. The first-order chi connectivity index (χ1) is 8.16. The number of hydrogen-bond acceptors (Lipinski definition) is 1. The van der Waals surface area contributed by atoms with E-state index in [2.05, 4.69) is 15.9 Å². The van der Waals surface area contributed by atoms with Crippen molar-refractivity contribution in [3.8, 4) is 0 Å². The molecule has 3 heteroatoms. The number of rotatable bonds is 3. The molecule has 17 heavy (non-hydrogen) atoms. The fraction of sp³-hybridized carbons (Fsp3) is 0.143. The van der Waals surface area contributed by atoms with Gasteiger partial charge in [-0.1, -0.05) is 40.2 Å². The van der Waals surface area contributed by atoms with Gasteiger partial charge < -0.3 is 5.73 Å². The molecule has 0 heterocycles.